The monoisotopic (exact) mass is 229 g/mol. The molecule has 0 radical (unpaired) electrons. The number of halogens is 3. The lowest BCUT2D eigenvalue weighted by Crippen LogP contribution is -2.14. The van der Waals surface area contributed by atoms with Gasteiger partial charge in [0.1, 0.15) is 17.0 Å². The van der Waals surface area contributed by atoms with Gasteiger partial charge in [-0.05, 0) is 31.9 Å². The van der Waals surface area contributed by atoms with Gasteiger partial charge in [0.05, 0.1) is 0 Å². The van der Waals surface area contributed by atoms with E-state index in [0.29, 0.717) is 0 Å². The first-order valence-corrected chi connectivity index (χ1v) is 4.48. The summed E-state index contributed by atoms with van der Waals surface area (Å²) in [5.41, 5.74) is -2.26. The molecule has 1 rings (SSSR count). The highest BCUT2D eigenvalue weighted by molar-refractivity contribution is 5.31. The highest BCUT2D eigenvalue weighted by Gasteiger charge is 2.32. The van der Waals surface area contributed by atoms with Crippen LogP contribution in [-0.2, 0) is 6.18 Å². The first-order chi connectivity index (χ1) is 7.18. The largest absolute Gasteiger partial charge is 0.433 e. The predicted octanol–water partition coefficient (Wildman–Crippen LogP) is 2.22. The van der Waals surface area contributed by atoms with Gasteiger partial charge in [-0.15, -0.1) is 0 Å². The van der Waals surface area contributed by atoms with Crippen LogP contribution in [0.2, 0.25) is 0 Å². The first kappa shape index (κ1) is 12.5. The van der Waals surface area contributed by atoms with E-state index in [1.165, 1.54) is 26.0 Å². The van der Waals surface area contributed by atoms with Crippen molar-refractivity contribution in [3.8, 4) is 11.8 Å². The Morgan fingerprint density at radius 2 is 1.88 bits per heavy atom. The molecule has 0 bridgehead atoms. The predicted molar refractivity (Wildman–Crippen MR) is 52.4 cm³/mol. The van der Waals surface area contributed by atoms with Crippen molar-refractivity contribution in [1.29, 1.82) is 0 Å². The Balaban J connectivity index is 3.04. The lowest BCUT2D eigenvalue weighted by Gasteiger charge is -2.07. The van der Waals surface area contributed by atoms with Crippen LogP contribution in [0, 0.1) is 11.8 Å². The number of aromatic nitrogens is 1. The minimum Gasteiger partial charge on any atom is -0.378 e. The summed E-state index contributed by atoms with van der Waals surface area (Å²) in [5.74, 6) is 4.78. The maximum absolute atomic E-state index is 12.3. The van der Waals surface area contributed by atoms with E-state index < -0.39 is 17.5 Å². The van der Waals surface area contributed by atoms with Gasteiger partial charge < -0.3 is 5.11 Å². The molecule has 0 amide bonds. The molecule has 0 aromatic carbocycles. The van der Waals surface area contributed by atoms with Gasteiger partial charge in [0.2, 0.25) is 0 Å². The number of rotatable bonds is 0. The van der Waals surface area contributed by atoms with Crippen molar-refractivity contribution in [3.05, 3.63) is 29.6 Å². The van der Waals surface area contributed by atoms with E-state index in [0.717, 1.165) is 6.07 Å². The van der Waals surface area contributed by atoms with Gasteiger partial charge in [0.25, 0.3) is 0 Å². The standard InChI is InChI=1S/C11H10F3NO/c1-10(2,16)7-6-8-4-3-5-9(15-8)11(12,13)14/h3-5,16H,1-2H3. The highest BCUT2D eigenvalue weighted by Crippen LogP contribution is 2.27. The van der Waals surface area contributed by atoms with Crippen molar-refractivity contribution in [2.75, 3.05) is 0 Å². The Bertz CT molecular complexity index is 435. The van der Waals surface area contributed by atoms with Crippen molar-refractivity contribution >= 4 is 0 Å². The zero-order valence-electron chi connectivity index (χ0n) is 8.76. The summed E-state index contributed by atoms with van der Waals surface area (Å²) in [7, 11) is 0. The fourth-order valence-corrected chi connectivity index (χ4v) is 0.879. The topological polar surface area (TPSA) is 33.1 Å². The minimum absolute atomic E-state index is 0.0167. The van der Waals surface area contributed by atoms with Crippen LogP contribution < -0.4 is 0 Å². The summed E-state index contributed by atoms with van der Waals surface area (Å²) in [4.78, 5) is 3.34. The summed E-state index contributed by atoms with van der Waals surface area (Å²) in [6, 6.07) is 3.45. The quantitative estimate of drug-likeness (QED) is 0.692. The fraction of sp³-hybridized carbons (Fsp3) is 0.364. The summed E-state index contributed by atoms with van der Waals surface area (Å²) in [6.07, 6.45) is -4.48. The molecular weight excluding hydrogens is 219 g/mol. The van der Waals surface area contributed by atoms with E-state index in [1.54, 1.807) is 0 Å². The fourth-order valence-electron chi connectivity index (χ4n) is 0.879. The van der Waals surface area contributed by atoms with Crippen LogP contribution in [0.3, 0.4) is 0 Å². The molecule has 1 N–H and O–H groups in total. The van der Waals surface area contributed by atoms with E-state index in [1.807, 2.05) is 0 Å². The minimum atomic E-state index is -4.48. The van der Waals surface area contributed by atoms with E-state index in [9.17, 15) is 18.3 Å². The number of aliphatic hydroxyl groups is 1. The molecule has 0 saturated carbocycles. The summed E-state index contributed by atoms with van der Waals surface area (Å²) in [5, 5.41) is 9.28. The maximum atomic E-state index is 12.3. The Kier molecular flexibility index (Phi) is 3.24. The molecule has 0 atom stereocenters. The average molecular weight is 229 g/mol. The molecule has 2 nitrogen and oxygen atoms in total. The van der Waals surface area contributed by atoms with E-state index >= 15 is 0 Å². The van der Waals surface area contributed by atoms with Crippen LogP contribution in [0.4, 0.5) is 13.2 Å². The van der Waals surface area contributed by atoms with Crippen molar-refractivity contribution < 1.29 is 18.3 Å². The smallest absolute Gasteiger partial charge is 0.378 e. The van der Waals surface area contributed by atoms with Crippen LogP contribution in [0.15, 0.2) is 18.2 Å². The number of alkyl halides is 3. The van der Waals surface area contributed by atoms with Crippen molar-refractivity contribution in [2.45, 2.75) is 25.6 Å². The Hall–Kier alpha value is -1.54. The molecular formula is C11H10F3NO. The van der Waals surface area contributed by atoms with Crippen LogP contribution in [0.25, 0.3) is 0 Å². The molecule has 0 unspecified atom stereocenters. The lowest BCUT2D eigenvalue weighted by atomic mass is 10.1. The Morgan fingerprint density at radius 3 is 2.38 bits per heavy atom. The van der Waals surface area contributed by atoms with Crippen molar-refractivity contribution in [3.63, 3.8) is 0 Å². The molecule has 0 aliphatic heterocycles. The molecule has 0 spiro atoms. The molecule has 0 aliphatic carbocycles. The molecule has 1 heterocycles. The lowest BCUT2D eigenvalue weighted by molar-refractivity contribution is -0.141. The van der Waals surface area contributed by atoms with Crippen LogP contribution in [0.1, 0.15) is 25.2 Å². The second-order valence-electron chi connectivity index (χ2n) is 3.71. The van der Waals surface area contributed by atoms with Gasteiger partial charge in [-0.2, -0.15) is 13.2 Å². The molecule has 0 fully saturated rings. The Morgan fingerprint density at radius 1 is 1.25 bits per heavy atom. The number of hydrogen-bond donors (Lipinski definition) is 1. The van der Waals surface area contributed by atoms with Crippen LogP contribution in [0.5, 0.6) is 0 Å². The van der Waals surface area contributed by atoms with Crippen LogP contribution in [-0.4, -0.2) is 15.7 Å². The zero-order chi connectivity index (χ0) is 12.4. The van der Waals surface area contributed by atoms with Gasteiger partial charge >= 0.3 is 6.18 Å². The van der Waals surface area contributed by atoms with Crippen molar-refractivity contribution in [2.24, 2.45) is 0 Å². The van der Waals surface area contributed by atoms with Crippen LogP contribution >= 0.6 is 0 Å². The van der Waals surface area contributed by atoms with Gasteiger partial charge in [0, 0.05) is 0 Å². The SMILES string of the molecule is CC(C)(O)C#Cc1cccc(C(F)(F)F)n1. The third kappa shape index (κ3) is 3.91. The normalized spacial score (nSPS) is 11.9. The molecule has 5 heteroatoms. The van der Waals surface area contributed by atoms with Crippen molar-refractivity contribution in [1.82, 2.24) is 4.98 Å². The summed E-state index contributed by atoms with van der Waals surface area (Å²) >= 11 is 0. The Labute approximate surface area is 91.1 Å². The van der Waals surface area contributed by atoms with Gasteiger partial charge in [-0.1, -0.05) is 12.0 Å². The van der Waals surface area contributed by atoms with Gasteiger partial charge in [-0.3, -0.25) is 0 Å². The molecule has 1 aromatic rings. The number of nitrogens with zero attached hydrogens (tertiary/aromatic N) is 1. The van der Waals surface area contributed by atoms with E-state index in [2.05, 4.69) is 16.8 Å². The van der Waals surface area contributed by atoms with Gasteiger partial charge in [-0.25, -0.2) is 4.98 Å². The second kappa shape index (κ2) is 4.14. The molecule has 1 aromatic heterocycles. The molecule has 0 saturated heterocycles. The van der Waals surface area contributed by atoms with E-state index in [-0.39, 0.29) is 5.69 Å². The maximum Gasteiger partial charge on any atom is 0.433 e. The van der Waals surface area contributed by atoms with E-state index in [4.69, 9.17) is 0 Å². The number of hydrogen-bond acceptors (Lipinski definition) is 2. The third-order valence-corrected chi connectivity index (χ3v) is 1.54. The molecule has 0 aliphatic rings. The first-order valence-electron chi connectivity index (χ1n) is 4.48. The summed E-state index contributed by atoms with van der Waals surface area (Å²) in [6.45, 7) is 2.88. The summed E-state index contributed by atoms with van der Waals surface area (Å²) < 4.78 is 36.8. The highest BCUT2D eigenvalue weighted by atomic mass is 19.4. The number of pyridine rings is 1. The molecule has 16 heavy (non-hydrogen) atoms. The zero-order valence-corrected chi connectivity index (χ0v) is 8.76. The average Bonchev–Trinajstić information content (AvgIpc) is 2.13. The third-order valence-electron chi connectivity index (χ3n) is 1.54. The second-order valence-corrected chi connectivity index (χ2v) is 3.71. The van der Waals surface area contributed by atoms with Gasteiger partial charge in [0.15, 0.2) is 0 Å². The molecule has 86 valence electrons.